The summed E-state index contributed by atoms with van der Waals surface area (Å²) in [5, 5.41) is 11.3. The van der Waals surface area contributed by atoms with Crippen LogP contribution in [-0.4, -0.2) is 118 Å². The zero-order chi connectivity index (χ0) is 38.1. The number of esters is 1. The molecule has 3 fully saturated rings. The fourth-order valence-corrected chi connectivity index (χ4v) is 7.31. The molecule has 6 rings (SSSR count). The summed E-state index contributed by atoms with van der Waals surface area (Å²) in [6.07, 6.45) is -7.73. The number of nitrogens with zero attached hydrogens (tertiary/aromatic N) is 6. The molecule has 3 aliphatic heterocycles. The van der Waals surface area contributed by atoms with Crippen LogP contribution in [0, 0.1) is 0 Å². The van der Waals surface area contributed by atoms with Gasteiger partial charge in [-0.2, -0.15) is 4.98 Å². The van der Waals surface area contributed by atoms with E-state index in [-0.39, 0.29) is 29.2 Å². The van der Waals surface area contributed by atoms with Gasteiger partial charge in [0.15, 0.2) is 36.3 Å². The van der Waals surface area contributed by atoms with Gasteiger partial charge in [0.2, 0.25) is 0 Å². The first-order chi connectivity index (χ1) is 25.1. The Hall–Kier alpha value is -3.48. The average Bonchev–Trinajstić information content (AvgIpc) is 3.88. The van der Waals surface area contributed by atoms with E-state index in [1.165, 1.54) is 29.5 Å². The van der Waals surface area contributed by atoms with Crippen molar-refractivity contribution in [3.05, 3.63) is 35.4 Å². The Morgan fingerprint density at radius 2 is 1.75 bits per heavy atom. The number of aliphatic hydroxyl groups is 1. The Morgan fingerprint density at radius 1 is 1.02 bits per heavy atom. The van der Waals surface area contributed by atoms with Gasteiger partial charge in [-0.05, 0) is 18.9 Å². The number of nitrogen functional groups attached to an aromatic ring is 2. The Labute approximate surface area is 299 Å². The summed E-state index contributed by atoms with van der Waals surface area (Å²) >= 11 is 0. The third-order valence-corrected chi connectivity index (χ3v) is 9.83. The molecule has 0 amide bonds. The van der Waals surface area contributed by atoms with Crippen molar-refractivity contribution in [2.75, 3.05) is 31.3 Å². The van der Waals surface area contributed by atoms with E-state index in [0.717, 1.165) is 4.57 Å². The summed E-state index contributed by atoms with van der Waals surface area (Å²) in [5.74, 6) is -0.769. The van der Waals surface area contributed by atoms with Crippen LogP contribution in [0.1, 0.15) is 45.1 Å². The van der Waals surface area contributed by atoms with Crippen molar-refractivity contribution in [3.8, 4) is 0 Å². The number of ether oxygens (including phenoxy) is 5. The van der Waals surface area contributed by atoms with E-state index in [2.05, 4.69) is 24.5 Å². The van der Waals surface area contributed by atoms with Crippen molar-refractivity contribution < 1.29 is 71.0 Å². The van der Waals surface area contributed by atoms with Crippen molar-refractivity contribution in [1.82, 2.24) is 29.1 Å². The minimum Gasteiger partial charge on any atom is -0.457 e. The molecule has 3 aliphatic rings. The molecule has 0 bridgehead atoms. The smallest absolute Gasteiger partial charge is 0.457 e. The highest BCUT2D eigenvalue weighted by molar-refractivity contribution is 7.47. The fraction of sp³-hybridized carbons (Fsp3) is 0.630. The third kappa shape index (κ3) is 9.08. The van der Waals surface area contributed by atoms with E-state index in [4.69, 9.17) is 44.2 Å². The average molecular weight is 793 g/mol. The molecule has 3 saturated heterocycles. The summed E-state index contributed by atoms with van der Waals surface area (Å²) in [6, 6.07) is 1.27. The lowest BCUT2D eigenvalue weighted by Gasteiger charge is -2.28. The Morgan fingerprint density at radius 3 is 2.45 bits per heavy atom. The number of anilines is 2. The monoisotopic (exact) mass is 792 g/mol. The van der Waals surface area contributed by atoms with Crippen LogP contribution in [0.2, 0.25) is 0 Å². The van der Waals surface area contributed by atoms with Crippen LogP contribution in [0.5, 0.6) is 0 Å². The van der Waals surface area contributed by atoms with E-state index in [9.17, 15) is 38.5 Å². The van der Waals surface area contributed by atoms with Gasteiger partial charge < -0.3 is 54.9 Å². The molecular formula is C27H38N8O16P2. The molecule has 3 aromatic heterocycles. The van der Waals surface area contributed by atoms with Gasteiger partial charge >= 0.3 is 27.3 Å². The number of carbonyl (C=O) groups is 1. The van der Waals surface area contributed by atoms with Gasteiger partial charge in [0, 0.05) is 25.6 Å². The zero-order valence-electron chi connectivity index (χ0n) is 27.9. The maximum atomic E-state index is 13.7. The predicted molar refractivity (Wildman–Crippen MR) is 174 cm³/mol. The number of fused-ring (bicyclic) bond motifs is 1. The summed E-state index contributed by atoms with van der Waals surface area (Å²) in [4.78, 5) is 71.1. The summed E-state index contributed by atoms with van der Waals surface area (Å²) in [5.41, 5.74) is 11.0. The number of hydrogen-bond donors (Lipinski definition) is 6. The van der Waals surface area contributed by atoms with E-state index in [0.29, 0.717) is 25.9 Å². The largest absolute Gasteiger partial charge is 0.472 e. The molecule has 0 aromatic carbocycles. The molecule has 0 radical (unpaired) electrons. The molecule has 24 nitrogen and oxygen atoms in total. The quantitative estimate of drug-likeness (QED) is 0.0814. The highest BCUT2D eigenvalue weighted by Gasteiger charge is 2.53. The molecule has 0 saturated carbocycles. The zero-order valence-corrected chi connectivity index (χ0v) is 29.7. The van der Waals surface area contributed by atoms with Crippen molar-refractivity contribution in [2.45, 2.75) is 88.0 Å². The van der Waals surface area contributed by atoms with Crippen molar-refractivity contribution in [3.63, 3.8) is 0 Å². The van der Waals surface area contributed by atoms with Gasteiger partial charge in [0.25, 0.3) is 0 Å². The van der Waals surface area contributed by atoms with Crippen molar-refractivity contribution in [2.24, 2.45) is 0 Å². The fourth-order valence-electron chi connectivity index (χ4n) is 6.01. The van der Waals surface area contributed by atoms with E-state index < -0.39 is 95.9 Å². The lowest BCUT2D eigenvalue weighted by molar-refractivity contribution is -0.181. The van der Waals surface area contributed by atoms with Crippen LogP contribution in [0.25, 0.3) is 11.2 Å². The number of imidazole rings is 1. The second-order valence-electron chi connectivity index (χ2n) is 12.1. The third-order valence-electron chi connectivity index (χ3n) is 8.36. The molecule has 10 atom stereocenters. The maximum absolute atomic E-state index is 13.7. The van der Waals surface area contributed by atoms with Crippen LogP contribution in [0.3, 0.4) is 0 Å². The van der Waals surface area contributed by atoms with E-state index >= 15 is 0 Å². The highest BCUT2D eigenvalue weighted by Crippen LogP contribution is 2.51. The molecule has 0 aliphatic carbocycles. The highest BCUT2D eigenvalue weighted by atomic mass is 31.2. The number of hydrogen-bond acceptors (Lipinski definition) is 19. The van der Waals surface area contributed by atoms with E-state index in [1.54, 1.807) is 6.92 Å². The summed E-state index contributed by atoms with van der Waals surface area (Å²) < 4.78 is 72.0. The van der Waals surface area contributed by atoms with Crippen molar-refractivity contribution >= 4 is 44.4 Å². The molecule has 3 aromatic rings. The van der Waals surface area contributed by atoms with Crippen LogP contribution in [0.15, 0.2) is 29.7 Å². The second kappa shape index (κ2) is 16.1. The molecule has 6 heterocycles. The minimum atomic E-state index is -5.27. The number of rotatable bonds is 15. The lowest BCUT2D eigenvalue weighted by atomic mass is 10.1. The second-order valence-corrected chi connectivity index (χ2v) is 14.8. The molecule has 292 valence electrons. The Balaban J connectivity index is 1.25. The molecular weight excluding hydrogens is 754 g/mol. The summed E-state index contributed by atoms with van der Waals surface area (Å²) in [6.45, 7) is 0.334. The topological polar surface area (TPSA) is 336 Å². The number of aromatic nitrogens is 6. The first-order valence-corrected chi connectivity index (χ1v) is 19.3. The first kappa shape index (κ1) is 39.2. The normalized spacial score (nSPS) is 30.2. The number of aliphatic hydroxyl groups excluding tert-OH is 1. The molecule has 26 heteroatoms. The molecule has 1 unspecified atom stereocenters. The number of phosphoric ester groups is 2. The van der Waals surface area contributed by atoms with Crippen LogP contribution in [0.4, 0.5) is 11.6 Å². The van der Waals surface area contributed by atoms with Gasteiger partial charge in [-0.3, -0.25) is 27.5 Å². The van der Waals surface area contributed by atoms with Gasteiger partial charge in [0.1, 0.15) is 48.2 Å². The molecule has 8 N–H and O–H groups in total. The van der Waals surface area contributed by atoms with Crippen LogP contribution < -0.4 is 17.2 Å². The number of carbonyl (C=O) groups excluding carboxylic acids is 1. The molecule has 0 spiro atoms. The Bertz CT molecular complexity index is 1920. The first-order valence-electron chi connectivity index (χ1n) is 16.2. The lowest BCUT2D eigenvalue weighted by Crippen LogP contribution is -2.42. The predicted octanol–water partition coefficient (Wildman–Crippen LogP) is -0.752. The maximum Gasteiger partial charge on any atom is 0.472 e. The van der Waals surface area contributed by atoms with Gasteiger partial charge in [-0.1, -0.05) is 6.92 Å². The number of nitrogens with two attached hydrogens (primary N) is 2. The van der Waals surface area contributed by atoms with Crippen LogP contribution in [-0.2, 0) is 51.2 Å². The number of phosphoric acid groups is 2. The van der Waals surface area contributed by atoms with E-state index in [1.807, 2.05) is 0 Å². The standard InChI is InChI=1S/C27H38N8O16P2/c1-2-4-16(36)49-20-13(47-25(19(20)37)35-12-32-18-23(29)30-11-31-24(18)35)10-46-53(42,43)51-21-14(9-45-52(39,40)41)48-26(22(21)50-17-5-3-8-44-17)34-7-6-15(28)33-27(34)38/h6-7,11-14,17,19-22,25-26,37H,2-5,8-10H2,1H3,(H,42,43)(H2,28,33,38)(H2,29,30,31)(H2,39,40,41)/t13-,14+,17+,19+,20+,21+,22+,25+,26+/m0/s1. The Kier molecular flexibility index (Phi) is 11.9. The van der Waals surface area contributed by atoms with Crippen molar-refractivity contribution in [1.29, 1.82) is 0 Å². The minimum absolute atomic E-state index is 0.0134. The SMILES string of the molecule is CCCC(=O)O[C@H]1[C@@H](O)[C@H](n2cnc3c(N)ncnc32)O[C@H]1COP(=O)(O)O[C@H]1[C@@H](O[C@@H]2CCCO2)[C@H](n2ccc(N)nc2=O)O[C@@H]1COP(=O)(O)O. The van der Waals surface area contributed by atoms with Crippen LogP contribution >= 0.6 is 15.6 Å². The van der Waals surface area contributed by atoms with Gasteiger partial charge in [-0.15, -0.1) is 0 Å². The van der Waals surface area contributed by atoms with Gasteiger partial charge in [-0.25, -0.2) is 28.9 Å². The van der Waals surface area contributed by atoms with Gasteiger partial charge in [0.05, 0.1) is 19.5 Å². The molecule has 53 heavy (non-hydrogen) atoms. The summed E-state index contributed by atoms with van der Waals surface area (Å²) in [7, 11) is -10.4.